The summed E-state index contributed by atoms with van der Waals surface area (Å²) in [6.07, 6.45) is 10.5. The van der Waals surface area contributed by atoms with Crippen LogP contribution in [0.5, 0.6) is 34.5 Å². The first kappa shape index (κ1) is 47.2. The number of nitrogens with zero attached hydrogens (tertiary/aromatic N) is 7. The van der Waals surface area contributed by atoms with Gasteiger partial charge in [0.15, 0.2) is 23.0 Å². The molecule has 8 rings (SSSR count). The van der Waals surface area contributed by atoms with E-state index in [1.807, 2.05) is 101 Å². The molecule has 0 radical (unpaired) electrons. The van der Waals surface area contributed by atoms with Crippen LogP contribution in [0, 0.1) is 0 Å². The average molecular weight is 924 g/mol. The molecule has 4 aromatic carbocycles. The fraction of sp³-hybridized carbons (Fsp3) is 0.385. The molecule has 0 saturated heterocycles. The lowest BCUT2D eigenvalue weighted by Crippen LogP contribution is -2.32. The van der Waals surface area contributed by atoms with Gasteiger partial charge in [0.1, 0.15) is 11.5 Å². The molecular weight excluding hydrogens is 867 g/mol. The molecule has 68 heavy (non-hydrogen) atoms. The summed E-state index contributed by atoms with van der Waals surface area (Å²) in [6, 6.07) is 22.0. The number of benzene rings is 4. The smallest absolute Gasteiger partial charge is 0.260 e. The molecule has 0 spiro atoms. The van der Waals surface area contributed by atoms with Gasteiger partial charge in [-0.3, -0.25) is 19.6 Å². The second kappa shape index (κ2) is 20.3. The predicted molar refractivity (Wildman–Crippen MR) is 260 cm³/mol. The molecule has 0 bridgehead atoms. The van der Waals surface area contributed by atoms with Gasteiger partial charge in [0.05, 0.1) is 81.3 Å². The fourth-order valence-corrected chi connectivity index (χ4v) is 8.37. The lowest BCUT2D eigenvalue weighted by molar-refractivity contribution is -0.0359. The van der Waals surface area contributed by atoms with Crippen LogP contribution in [-0.4, -0.2) is 105 Å². The molecule has 0 aromatic heterocycles. The fourth-order valence-electron chi connectivity index (χ4n) is 8.37. The lowest BCUT2D eigenvalue weighted by Gasteiger charge is -2.27. The van der Waals surface area contributed by atoms with Crippen LogP contribution >= 0.6 is 0 Å². The Hall–Kier alpha value is -7.29. The molecular formula is C52H57N7O9. The third kappa shape index (κ3) is 10.6. The maximum atomic E-state index is 14.0. The van der Waals surface area contributed by atoms with Crippen molar-refractivity contribution in [1.82, 2.24) is 9.80 Å². The van der Waals surface area contributed by atoms with Crippen LogP contribution in [0.2, 0.25) is 0 Å². The number of hydrogen-bond acceptors (Lipinski definition) is 12. The van der Waals surface area contributed by atoms with Gasteiger partial charge >= 0.3 is 0 Å². The summed E-state index contributed by atoms with van der Waals surface area (Å²) >= 11 is 0. The summed E-state index contributed by atoms with van der Waals surface area (Å²) in [5.41, 5.74) is 13.8. The minimum atomic E-state index is -0.502. The van der Waals surface area contributed by atoms with Gasteiger partial charge in [-0.15, -0.1) is 0 Å². The monoisotopic (exact) mass is 923 g/mol. The van der Waals surface area contributed by atoms with Gasteiger partial charge in [-0.25, -0.2) is 0 Å². The molecule has 16 heteroatoms. The summed E-state index contributed by atoms with van der Waals surface area (Å²) in [4.78, 5) is 43.7. The molecule has 354 valence electrons. The number of methoxy groups -OCH3 is 3. The Balaban J connectivity index is 0.837. The summed E-state index contributed by atoms with van der Waals surface area (Å²) in [5.74, 6) is 2.92. The van der Waals surface area contributed by atoms with Crippen LogP contribution in [0.3, 0.4) is 0 Å². The Morgan fingerprint density at radius 2 is 1.13 bits per heavy atom. The van der Waals surface area contributed by atoms with Crippen molar-refractivity contribution >= 4 is 46.8 Å². The zero-order valence-electron chi connectivity index (χ0n) is 39.6. The Kier molecular flexibility index (Phi) is 14.1. The molecule has 0 saturated carbocycles. The normalized spacial score (nSPS) is 17.2. The van der Waals surface area contributed by atoms with Gasteiger partial charge in [-0.1, -0.05) is 43.2 Å². The molecule has 4 aromatic rings. The highest BCUT2D eigenvalue weighted by Gasteiger charge is 2.35. The molecule has 0 aliphatic carbocycles. The Bertz CT molecular complexity index is 2700. The lowest BCUT2D eigenvalue weighted by atomic mass is 10.0. The van der Waals surface area contributed by atoms with Gasteiger partial charge in [-0.2, -0.15) is 0 Å². The van der Waals surface area contributed by atoms with Crippen molar-refractivity contribution in [2.45, 2.75) is 83.0 Å². The van der Waals surface area contributed by atoms with Crippen LogP contribution in [0.1, 0.15) is 91.6 Å². The SMILES string of the molecule is COc1ccc(C2=CN3C(=O)c4cc(OC)c(OCCCOc5cc6c(cc5OC)C(=O)N5C=C(c7ccc(OCCC(C)(C)OCCC(C)(C)N=[N+]=[N-])cc7)CC5C=N6)cc4N=CC3C2)cc1. The van der Waals surface area contributed by atoms with Crippen molar-refractivity contribution < 1.29 is 42.7 Å². The van der Waals surface area contributed by atoms with Crippen LogP contribution in [0.25, 0.3) is 21.6 Å². The number of ether oxygens (including phenoxy) is 7. The number of fused-ring (bicyclic) bond motifs is 4. The van der Waals surface area contributed by atoms with Crippen molar-refractivity contribution in [3.05, 3.63) is 118 Å². The second-order valence-corrected chi connectivity index (χ2v) is 18.1. The van der Waals surface area contributed by atoms with E-state index in [9.17, 15) is 9.59 Å². The van der Waals surface area contributed by atoms with Gasteiger partial charge in [-0.05, 0) is 84.5 Å². The largest absolute Gasteiger partial charge is 0.497 e. The van der Waals surface area contributed by atoms with Crippen molar-refractivity contribution in [1.29, 1.82) is 0 Å². The Morgan fingerprint density at radius 1 is 0.632 bits per heavy atom. The molecule has 2 unspecified atom stereocenters. The van der Waals surface area contributed by atoms with E-state index in [1.54, 1.807) is 41.2 Å². The zero-order chi connectivity index (χ0) is 48.0. The highest BCUT2D eigenvalue weighted by Crippen LogP contribution is 2.42. The Morgan fingerprint density at radius 3 is 1.60 bits per heavy atom. The summed E-state index contributed by atoms with van der Waals surface area (Å²) in [6.45, 7) is 9.34. The second-order valence-electron chi connectivity index (χ2n) is 18.1. The molecule has 0 N–H and O–H groups in total. The molecule has 2 amide bonds. The van der Waals surface area contributed by atoms with Crippen LogP contribution in [0.4, 0.5) is 11.4 Å². The van der Waals surface area contributed by atoms with Gasteiger partial charge in [0, 0.05) is 79.7 Å². The first-order valence-corrected chi connectivity index (χ1v) is 22.7. The van der Waals surface area contributed by atoms with Crippen LogP contribution in [-0.2, 0) is 4.74 Å². The predicted octanol–water partition coefficient (Wildman–Crippen LogP) is 10.5. The zero-order valence-corrected chi connectivity index (χ0v) is 39.6. The van der Waals surface area contributed by atoms with E-state index < -0.39 is 11.1 Å². The van der Waals surface area contributed by atoms with E-state index >= 15 is 0 Å². The Labute approximate surface area is 396 Å². The van der Waals surface area contributed by atoms with E-state index in [-0.39, 0.29) is 37.1 Å². The first-order chi connectivity index (χ1) is 32.8. The third-order valence-electron chi connectivity index (χ3n) is 12.4. The van der Waals surface area contributed by atoms with E-state index in [1.165, 1.54) is 14.2 Å². The standard InChI is InChI=1S/C52H57N7O9/c1-51(2,56-57-53)17-22-68-52(3,4)18-21-65-40-15-11-34(12-16-40)36-24-38-30-55-44-28-48(46(64-7)26-42(44)50(61)59(38)32-36)67-20-8-19-66-47-27-43-41(25-45(47)63-6)49(60)58-31-35(23-37(58)29-54-43)33-9-13-39(62-5)14-10-33/h9-16,25-32,37-38H,8,17-24H2,1-7H3. The first-order valence-electron chi connectivity index (χ1n) is 22.7. The topological polar surface area (TPSA) is 179 Å². The van der Waals surface area contributed by atoms with Crippen molar-refractivity contribution in [2.24, 2.45) is 15.1 Å². The molecule has 0 fully saturated rings. The third-order valence-corrected chi connectivity index (χ3v) is 12.4. The van der Waals surface area contributed by atoms with E-state index in [4.69, 9.17) is 48.7 Å². The van der Waals surface area contributed by atoms with E-state index in [2.05, 4.69) is 10.0 Å². The number of carbonyl (C=O) groups excluding carboxylic acids is 2. The summed E-state index contributed by atoms with van der Waals surface area (Å²) in [7, 11) is 4.71. The minimum Gasteiger partial charge on any atom is -0.497 e. The average Bonchev–Trinajstić information content (AvgIpc) is 3.91. The molecule has 2 atom stereocenters. The van der Waals surface area contributed by atoms with Crippen LogP contribution < -0.4 is 28.4 Å². The van der Waals surface area contributed by atoms with Crippen molar-refractivity contribution in [2.75, 3.05) is 47.8 Å². The number of amides is 2. The van der Waals surface area contributed by atoms with Gasteiger partial charge < -0.3 is 43.0 Å². The number of aliphatic imine (C=N–C) groups is 2. The number of carbonyl (C=O) groups is 2. The highest BCUT2D eigenvalue weighted by atomic mass is 16.5. The molecule has 4 heterocycles. The van der Waals surface area contributed by atoms with Gasteiger partial charge in [0.2, 0.25) is 0 Å². The quantitative estimate of drug-likeness (QED) is 0.0361. The number of rotatable bonds is 20. The summed E-state index contributed by atoms with van der Waals surface area (Å²) < 4.78 is 41.1. The minimum absolute atomic E-state index is 0.165. The van der Waals surface area contributed by atoms with Gasteiger partial charge in [0.25, 0.3) is 11.8 Å². The van der Waals surface area contributed by atoms with Crippen molar-refractivity contribution in [3.63, 3.8) is 0 Å². The molecule has 16 nitrogen and oxygen atoms in total. The number of azide groups is 1. The maximum Gasteiger partial charge on any atom is 0.260 e. The van der Waals surface area contributed by atoms with E-state index in [0.717, 1.165) is 33.8 Å². The van der Waals surface area contributed by atoms with E-state index in [0.29, 0.717) is 90.8 Å². The molecule has 4 aliphatic heterocycles. The number of hydrogen-bond donors (Lipinski definition) is 0. The van der Waals surface area contributed by atoms with Crippen LogP contribution in [0.15, 0.2) is 100 Å². The molecule has 4 aliphatic rings. The van der Waals surface area contributed by atoms with Crippen molar-refractivity contribution in [3.8, 4) is 34.5 Å². The summed E-state index contributed by atoms with van der Waals surface area (Å²) in [5, 5.41) is 3.83. The maximum absolute atomic E-state index is 14.0. The highest BCUT2D eigenvalue weighted by molar-refractivity contribution is 6.06.